The molecule has 2 aromatic rings. The van der Waals surface area contributed by atoms with Gasteiger partial charge >= 0.3 is 0 Å². The van der Waals surface area contributed by atoms with Crippen LogP contribution in [0, 0.1) is 5.92 Å². The molecule has 1 unspecified atom stereocenters. The number of hydrogen-bond acceptors (Lipinski definition) is 4. The Morgan fingerprint density at radius 3 is 2.46 bits per heavy atom. The number of carbonyl (C=O) groups excluding carboxylic acids is 1. The first kappa shape index (κ1) is 22.4. The second-order valence-corrected chi connectivity index (χ2v) is 7.38. The van der Waals surface area contributed by atoms with Crippen molar-refractivity contribution in [3.05, 3.63) is 59.1 Å². The maximum absolute atomic E-state index is 12.9. The Balaban J connectivity index is 0.00000280. The van der Waals surface area contributed by atoms with Gasteiger partial charge in [-0.25, -0.2) is 0 Å². The number of methoxy groups -OCH3 is 1. The quantitative estimate of drug-likeness (QED) is 0.521. The minimum atomic E-state index is 0. The van der Waals surface area contributed by atoms with Crippen LogP contribution in [0.5, 0.6) is 5.75 Å². The zero-order valence-electron chi connectivity index (χ0n) is 16.2. The predicted molar refractivity (Wildman–Crippen MR) is 122 cm³/mol. The van der Waals surface area contributed by atoms with Gasteiger partial charge in [0.25, 0.3) is 0 Å². The summed E-state index contributed by atoms with van der Waals surface area (Å²) in [6.07, 6.45) is 3.05. The lowest BCUT2D eigenvalue weighted by Gasteiger charge is -2.26. The van der Waals surface area contributed by atoms with Crippen molar-refractivity contribution in [1.82, 2.24) is 0 Å². The Morgan fingerprint density at radius 1 is 1.14 bits per heavy atom. The minimum absolute atomic E-state index is 0. The summed E-state index contributed by atoms with van der Waals surface area (Å²) in [7, 11) is 1.62. The molecule has 0 spiro atoms. The normalized spacial score (nSPS) is 16.4. The summed E-state index contributed by atoms with van der Waals surface area (Å²) in [5.74, 6) is 2.41. The number of amidine groups is 1. The van der Waals surface area contributed by atoms with E-state index in [2.05, 4.69) is 6.92 Å². The summed E-state index contributed by atoms with van der Waals surface area (Å²) in [6.45, 7) is 3.31. The van der Waals surface area contributed by atoms with E-state index in [0.29, 0.717) is 16.5 Å². The van der Waals surface area contributed by atoms with Gasteiger partial charge in [-0.3, -0.25) is 9.79 Å². The van der Waals surface area contributed by atoms with Gasteiger partial charge in [0.15, 0.2) is 5.78 Å². The Hall–Kier alpha value is -1.85. The number of halogens is 2. The topological polar surface area (TPSA) is 41.9 Å². The number of carbonyl (C=O) groups is 1. The van der Waals surface area contributed by atoms with Crippen LogP contribution < -0.4 is 9.64 Å². The number of nitrogens with zero attached hydrogens (tertiary/aromatic N) is 2. The molecule has 0 radical (unpaired) electrons. The molecular weight excluding hydrogens is 440 g/mol. The highest BCUT2D eigenvalue weighted by molar-refractivity contribution is 8.93. The van der Waals surface area contributed by atoms with Gasteiger partial charge in [-0.1, -0.05) is 18.5 Å². The fraction of sp³-hybridized carbons (Fsp3) is 0.364. The highest BCUT2D eigenvalue weighted by Crippen LogP contribution is 2.24. The van der Waals surface area contributed by atoms with Gasteiger partial charge in [0.1, 0.15) is 11.6 Å². The first-order valence-electron chi connectivity index (χ1n) is 9.30. The molecule has 0 saturated heterocycles. The molecule has 0 aromatic heterocycles. The van der Waals surface area contributed by atoms with E-state index in [4.69, 9.17) is 21.3 Å². The zero-order chi connectivity index (χ0) is 19.2. The van der Waals surface area contributed by atoms with E-state index in [9.17, 15) is 4.79 Å². The summed E-state index contributed by atoms with van der Waals surface area (Å²) < 4.78 is 5.18. The molecule has 1 aliphatic rings. The zero-order valence-corrected chi connectivity index (χ0v) is 18.7. The number of hydrogen-bond donors (Lipinski definition) is 0. The van der Waals surface area contributed by atoms with Crippen molar-refractivity contribution in [2.45, 2.75) is 26.2 Å². The summed E-state index contributed by atoms with van der Waals surface area (Å²) in [5.41, 5.74) is 1.60. The molecule has 1 aliphatic heterocycles. The lowest BCUT2D eigenvalue weighted by atomic mass is 10.0. The second kappa shape index (κ2) is 10.6. The number of benzene rings is 2. The molecule has 3 rings (SSSR count). The largest absolute Gasteiger partial charge is 0.497 e. The molecule has 0 aliphatic carbocycles. The number of ketones is 1. The number of anilines is 1. The fourth-order valence-electron chi connectivity index (χ4n) is 3.20. The van der Waals surface area contributed by atoms with Crippen LogP contribution in [0.4, 0.5) is 5.69 Å². The van der Waals surface area contributed by atoms with Crippen LogP contribution in [0.15, 0.2) is 53.5 Å². The molecule has 6 heteroatoms. The van der Waals surface area contributed by atoms with E-state index in [1.54, 1.807) is 19.2 Å². The monoisotopic (exact) mass is 464 g/mol. The van der Waals surface area contributed by atoms with Gasteiger partial charge in [0.2, 0.25) is 0 Å². The van der Waals surface area contributed by atoms with Crippen LogP contribution in [0.2, 0.25) is 5.02 Å². The highest BCUT2D eigenvalue weighted by Gasteiger charge is 2.21. The predicted octanol–water partition coefficient (Wildman–Crippen LogP) is 5.83. The van der Waals surface area contributed by atoms with Crippen molar-refractivity contribution in [1.29, 1.82) is 0 Å². The molecule has 0 fully saturated rings. The van der Waals surface area contributed by atoms with Crippen LogP contribution >= 0.6 is 28.6 Å². The van der Waals surface area contributed by atoms with Crippen LogP contribution in [0.1, 0.15) is 36.5 Å². The van der Waals surface area contributed by atoms with Crippen LogP contribution in [-0.2, 0) is 0 Å². The van der Waals surface area contributed by atoms with Crippen molar-refractivity contribution < 1.29 is 9.53 Å². The maximum Gasteiger partial charge on any atom is 0.182 e. The number of Topliss-reactive ketones (excluding diaryl/α,β-unsaturated/α-hetero) is 1. The molecule has 1 heterocycles. The molecule has 0 saturated carbocycles. The average molecular weight is 466 g/mol. The molecule has 0 N–H and O–H groups in total. The Kier molecular flexibility index (Phi) is 8.52. The molecule has 0 amide bonds. The summed E-state index contributed by atoms with van der Waals surface area (Å²) in [5, 5.41) is 0.677. The molecule has 150 valence electrons. The lowest BCUT2D eigenvalue weighted by Crippen LogP contribution is -2.36. The van der Waals surface area contributed by atoms with Gasteiger partial charge in [0.05, 0.1) is 13.7 Å². The molecule has 1 atom stereocenters. The van der Waals surface area contributed by atoms with Gasteiger partial charge < -0.3 is 9.64 Å². The maximum atomic E-state index is 12.9. The van der Waals surface area contributed by atoms with Crippen LogP contribution in [-0.4, -0.2) is 31.8 Å². The lowest BCUT2D eigenvalue weighted by molar-refractivity contribution is 0.100. The number of ether oxygens (including phenoxy) is 1. The van der Waals surface area contributed by atoms with Gasteiger partial charge in [-0.2, -0.15) is 0 Å². The minimum Gasteiger partial charge on any atom is -0.497 e. The number of aliphatic imine (C=N–C) groups is 1. The van der Waals surface area contributed by atoms with Gasteiger partial charge in [-0.15, -0.1) is 17.0 Å². The van der Waals surface area contributed by atoms with E-state index >= 15 is 0 Å². The highest BCUT2D eigenvalue weighted by atomic mass is 79.9. The Bertz CT molecular complexity index is 806. The van der Waals surface area contributed by atoms with Crippen molar-refractivity contribution in [3.63, 3.8) is 0 Å². The smallest absolute Gasteiger partial charge is 0.182 e. The fourth-order valence-corrected chi connectivity index (χ4v) is 3.32. The van der Waals surface area contributed by atoms with E-state index in [-0.39, 0.29) is 29.3 Å². The first-order valence-corrected chi connectivity index (χ1v) is 9.68. The molecular formula is C22H26BrClN2O2. The summed E-state index contributed by atoms with van der Waals surface area (Å²) in [6, 6.07) is 14.8. The second-order valence-electron chi connectivity index (χ2n) is 6.94. The van der Waals surface area contributed by atoms with Crippen molar-refractivity contribution in [2.75, 3.05) is 25.1 Å². The third kappa shape index (κ3) is 5.82. The third-order valence-corrected chi connectivity index (χ3v) is 5.19. The van der Waals surface area contributed by atoms with Crippen LogP contribution in [0.25, 0.3) is 0 Å². The third-order valence-electron chi connectivity index (χ3n) is 4.94. The van der Waals surface area contributed by atoms with E-state index in [0.717, 1.165) is 43.1 Å². The summed E-state index contributed by atoms with van der Waals surface area (Å²) >= 11 is 6.05. The first-order chi connectivity index (χ1) is 13.1. The molecule has 28 heavy (non-hydrogen) atoms. The van der Waals surface area contributed by atoms with Gasteiger partial charge in [-0.05, 0) is 67.3 Å². The van der Waals surface area contributed by atoms with Crippen molar-refractivity contribution in [2.24, 2.45) is 10.9 Å². The SMILES string of the molecule is Br.COc1ccc(C(=O)CN(C2=NCCC(C)CC2)c2ccc(Cl)cc2)cc1. The molecule has 0 bridgehead atoms. The van der Waals surface area contributed by atoms with E-state index < -0.39 is 0 Å². The van der Waals surface area contributed by atoms with Crippen LogP contribution in [0.3, 0.4) is 0 Å². The average Bonchev–Trinajstić information content (AvgIpc) is 2.91. The standard InChI is InChI=1S/C22H25ClN2O2.BrH/c1-16-3-12-22(24-14-13-16)25(19-8-6-18(23)7-9-19)15-21(26)17-4-10-20(27-2)11-5-17;/h4-11,16H,3,12-15H2,1-2H3;1H. The number of rotatable bonds is 5. The van der Waals surface area contributed by atoms with E-state index in [1.807, 2.05) is 41.3 Å². The molecule has 4 nitrogen and oxygen atoms in total. The Labute approximate surface area is 182 Å². The summed E-state index contributed by atoms with van der Waals surface area (Å²) in [4.78, 5) is 19.7. The van der Waals surface area contributed by atoms with E-state index in [1.165, 1.54) is 0 Å². The van der Waals surface area contributed by atoms with Crippen molar-refractivity contribution >= 4 is 45.9 Å². The molecule has 2 aromatic carbocycles. The van der Waals surface area contributed by atoms with Gasteiger partial charge in [0, 0.05) is 29.2 Å². The van der Waals surface area contributed by atoms with Crippen molar-refractivity contribution in [3.8, 4) is 5.75 Å². The Morgan fingerprint density at radius 2 is 1.82 bits per heavy atom.